The van der Waals surface area contributed by atoms with Crippen molar-refractivity contribution in [1.29, 1.82) is 0 Å². The normalized spacial score (nSPS) is 12.3. The minimum atomic E-state index is 1.17. The number of benzene rings is 8. The van der Waals surface area contributed by atoms with E-state index in [9.17, 15) is 0 Å². The number of hydrogen-bond acceptors (Lipinski definition) is 0. The Morgan fingerprint density at radius 3 is 1.83 bits per heavy atom. The molecule has 11 rings (SSSR count). The van der Waals surface area contributed by atoms with Crippen LogP contribution < -0.4 is 0 Å². The molecule has 0 amide bonds. The molecule has 8 aromatic carbocycles. The van der Waals surface area contributed by atoms with Crippen LogP contribution in [0.5, 0.6) is 0 Å². The highest BCUT2D eigenvalue weighted by molar-refractivity contribution is 6.26. The molecule has 2 heteroatoms. The van der Waals surface area contributed by atoms with E-state index in [1.165, 1.54) is 98.8 Å². The Morgan fingerprint density at radius 2 is 0.957 bits per heavy atom. The van der Waals surface area contributed by atoms with Gasteiger partial charge in [0, 0.05) is 38.5 Å². The van der Waals surface area contributed by atoms with Gasteiger partial charge in [-0.1, -0.05) is 103 Å². The van der Waals surface area contributed by atoms with Crippen LogP contribution in [0.4, 0.5) is 0 Å². The Bertz CT molecular complexity index is 2900. The molecule has 0 aliphatic heterocycles. The summed E-state index contributed by atoms with van der Waals surface area (Å²) >= 11 is 0. The number of aromatic nitrogens is 2. The summed E-state index contributed by atoms with van der Waals surface area (Å²) in [7, 11) is 0. The Labute approximate surface area is 265 Å². The lowest BCUT2D eigenvalue weighted by atomic mass is 9.98. The maximum Gasteiger partial charge on any atom is 0.0547 e. The molecular weight excluding hydrogens is 556 g/mol. The molecule has 46 heavy (non-hydrogen) atoms. The Hall–Kier alpha value is -6.12. The molecule has 10 aromatic rings. The maximum absolute atomic E-state index is 2.47. The second-order valence-corrected chi connectivity index (χ2v) is 12.5. The molecule has 0 radical (unpaired) electrons. The standard InChI is InChI=1S/C44H26N2/c1-2-14-30(15-3-1)45-39-22-20-31(26-37(39)36-24-28-10-4-5-11-29(28)25-41(36)45)46-38-19-7-6-16-34(38)44-40(46)23-21-33-32-17-8-12-27-13-9-18-35(42(27)32)43(33)44/h1-26H. The first-order valence-corrected chi connectivity index (χ1v) is 15.9. The average Bonchev–Trinajstić information content (AvgIpc) is 3.74. The van der Waals surface area contributed by atoms with Crippen LogP contribution in [0.2, 0.25) is 0 Å². The van der Waals surface area contributed by atoms with Gasteiger partial charge in [0.25, 0.3) is 0 Å². The molecule has 0 unspecified atom stereocenters. The summed E-state index contributed by atoms with van der Waals surface area (Å²) in [6.45, 7) is 0. The maximum atomic E-state index is 2.47. The Balaban J connectivity index is 1.25. The van der Waals surface area contributed by atoms with E-state index >= 15 is 0 Å². The zero-order chi connectivity index (χ0) is 29.9. The van der Waals surface area contributed by atoms with Crippen molar-refractivity contribution in [2.24, 2.45) is 0 Å². The molecule has 212 valence electrons. The highest BCUT2D eigenvalue weighted by Crippen LogP contribution is 2.52. The molecule has 2 nitrogen and oxygen atoms in total. The van der Waals surface area contributed by atoms with Gasteiger partial charge in [0.05, 0.1) is 22.1 Å². The van der Waals surface area contributed by atoms with E-state index in [4.69, 9.17) is 0 Å². The SMILES string of the molecule is c1ccc(-n2c3ccc(-n4c5ccccc5c5c6c(ccc54)-c4cccc5cccc-6c45)cc3c3cc4ccccc4cc32)cc1. The summed E-state index contributed by atoms with van der Waals surface area (Å²) in [5.41, 5.74) is 12.6. The Morgan fingerprint density at radius 1 is 0.304 bits per heavy atom. The van der Waals surface area contributed by atoms with Gasteiger partial charge in [-0.3, -0.25) is 0 Å². The zero-order valence-electron chi connectivity index (χ0n) is 24.9. The number of rotatable bonds is 2. The third-order valence-corrected chi connectivity index (χ3v) is 10.2. The predicted molar refractivity (Wildman–Crippen MR) is 195 cm³/mol. The van der Waals surface area contributed by atoms with Crippen LogP contribution >= 0.6 is 0 Å². The van der Waals surface area contributed by atoms with Crippen molar-refractivity contribution in [3.05, 3.63) is 158 Å². The van der Waals surface area contributed by atoms with Crippen molar-refractivity contribution in [2.75, 3.05) is 0 Å². The number of nitrogens with zero attached hydrogens (tertiary/aromatic N) is 2. The summed E-state index contributed by atoms with van der Waals surface area (Å²) in [5.74, 6) is 0. The monoisotopic (exact) mass is 582 g/mol. The van der Waals surface area contributed by atoms with Crippen LogP contribution in [-0.2, 0) is 0 Å². The molecular formula is C44H26N2. The lowest BCUT2D eigenvalue weighted by Crippen LogP contribution is -1.95. The van der Waals surface area contributed by atoms with Crippen molar-refractivity contribution in [3.63, 3.8) is 0 Å². The number of para-hydroxylation sites is 2. The fourth-order valence-corrected chi connectivity index (χ4v) is 8.30. The zero-order valence-corrected chi connectivity index (χ0v) is 24.9. The van der Waals surface area contributed by atoms with Gasteiger partial charge in [-0.05, 0) is 92.8 Å². The first-order chi connectivity index (χ1) is 22.8. The van der Waals surface area contributed by atoms with E-state index in [0.29, 0.717) is 0 Å². The van der Waals surface area contributed by atoms with E-state index < -0.39 is 0 Å². The molecule has 0 saturated heterocycles. The second kappa shape index (κ2) is 8.74. The van der Waals surface area contributed by atoms with Crippen molar-refractivity contribution in [2.45, 2.75) is 0 Å². The van der Waals surface area contributed by atoms with Gasteiger partial charge in [0.1, 0.15) is 0 Å². The molecule has 0 N–H and O–H groups in total. The summed E-state index contributed by atoms with van der Waals surface area (Å²) in [5, 5.41) is 10.3. The molecule has 0 bridgehead atoms. The molecule has 0 saturated carbocycles. The molecule has 0 atom stereocenters. The van der Waals surface area contributed by atoms with Gasteiger partial charge in [-0.15, -0.1) is 0 Å². The smallest absolute Gasteiger partial charge is 0.0547 e. The lowest BCUT2D eigenvalue weighted by molar-refractivity contribution is 1.17. The van der Waals surface area contributed by atoms with E-state index in [1.54, 1.807) is 0 Å². The predicted octanol–water partition coefficient (Wildman–Crippen LogP) is 11.8. The van der Waals surface area contributed by atoms with Gasteiger partial charge in [0.2, 0.25) is 0 Å². The number of hydrogen-bond donors (Lipinski definition) is 0. The van der Waals surface area contributed by atoms with Crippen molar-refractivity contribution < 1.29 is 0 Å². The van der Waals surface area contributed by atoms with E-state index in [-0.39, 0.29) is 0 Å². The quantitative estimate of drug-likeness (QED) is 0.192. The molecule has 0 spiro atoms. The molecule has 0 fully saturated rings. The minimum Gasteiger partial charge on any atom is -0.309 e. The van der Waals surface area contributed by atoms with E-state index in [0.717, 1.165) is 0 Å². The highest BCUT2D eigenvalue weighted by atomic mass is 15.0. The second-order valence-electron chi connectivity index (χ2n) is 12.5. The van der Waals surface area contributed by atoms with E-state index in [2.05, 4.69) is 167 Å². The fourth-order valence-electron chi connectivity index (χ4n) is 8.30. The van der Waals surface area contributed by atoms with Crippen LogP contribution in [0.1, 0.15) is 0 Å². The minimum absolute atomic E-state index is 1.17. The Kier molecular flexibility index (Phi) is 4.61. The summed E-state index contributed by atoms with van der Waals surface area (Å²) in [6, 6.07) is 58.2. The average molecular weight is 583 g/mol. The molecule has 1 aliphatic carbocycles. The summed E-state index contributed by atoms with van der Waals surface area (Å²) in [4.78, 5) is 0. The number of fused-ring (bicyclic) bond motifs is 11. The lowest BCUT2D eigenvalue weighted by Gasteiger charge is -2.11. The molecule has 2 aromatic heterocycles. The van der Waals surface area contributed by atoms with Gasteiger partial charge < -0.3 is 9.13 Å². The highest BCUT2D eigenvalue weighted by Gasteiger charge is 2.26. The van der Waals surface area contributed by atoms with Crippen LogP contribution in [0.25, 0.3) is 98.8 Å². The van der Waals surface area contributed by atoms with Crippen molar-refractivity contribution in [1.82, 2.24) is 9.13 Å². The largest absolute Gasteiger partial charge is 0.309 e. The topological polar surface area (TPSA) is 9.86 Å². The summed E-state index contributed by atoms with van der Waals surface area (Å²) in [6.07, 6.45) is 0. The first kappa shape index (κ1) is 24.2. The van der Waals surface area contributed by atoms with Gasteiger partial charge in [-0.25, -0.2) is 0 Å². The van der Waals surface area contributed by atoms with Gasteiger partial charge in [0.15, 0.2) is 0 Å². The van der Waals surface area contributed by atoms with Crippen molar-refractivity contribution >= 4 is 65.2 Å². The first-order valence-electron chi connectivity index (χ1n) is 15.9. The third-order valence-electron chi connectivity index (χ3n) is 10.2. The van der Waals surface area contributed by atoms with Crippen LogP contribution in [0.3, 0.4) is 0 Å². The van der Waals surface area contributed by atoms with Gasteiger partial charge in [-0.2, -0.15) is 0 Å². The van der Waals surface area contributed by atoms with Crippen molar-refractivity contribution in [3.8, 4) is 33.6 Å². The van der Waals surface area contributed by atoms with E-state index in [1.807, 2.05) is 0 Å². The fraction of sp³-hybridized carbons (Fsp3) is 0. The van der Waals surface area contributed by atoms with Crippen LogP contribution in [-0.4, -0.2) is 9.13 Å². The van der Waals surface area contributed by atoms with Crippen LogP contribution in [0.15, 0.2) is 158 Å². The van der Waals surface area contributed by atoms with Gasteiger partial charge >= 0.3 is 0 Å². The molecule has 1 aliphatic rings. The summed E-state index contributed by atoms with van der Waals surface area (Å²) < 4.78 is 4.89. The van der Waals surface area contributed by atoms with Crippen LogP contribution in [0, 0.1) is 0 Å². The third kappa shape index (κ3) is 3.05. The molecule has 2 heterocycles.